The molecule has 2 amide bonds. The van der Waals surface area contributed by atoms with Crippen LogP contribution in [0.4, 0.5) is 5.69 Å². The Morgan fingerprint density at radius 2 is 1.73 bits per heavy atom. The second-order valence-corrected chi connectivity index (χ2v) is 9.40. The van der Waals surface area contributed by atoms with E-state index >= 15 is 0 Å². The zero-order valence-corrected chi connectivity index (χ0v) is 20.2. The molecule has 0 bridgehead atoms. The lowest BCUT2D eigenvalue weighted by atomic mass is 9.89. The molecule has 0 aliphatic heterocycles. The SMILES string of the molecule is COc1ccc(N[C@H]2CCCC[C@@H]2NC(=O)C(CC(C)C)NC(=O)c2cccc(C)c2)cc1. The Hall–Kier alpha value is -3.02. The number of rotatable bonds is 9. The van der Waals surface area contributed by atoms with Gasteiger partial charge in [-0.1, -0.05) is 44.4 Å². The molecule has 0 aromatic heterocycles. The van der Waals surface area contributed by atoms with Crippen molar-refractivity contribution in [2.75, 3.05) is 12.4 Å². The number of benzene rings is 2. The lowest BCUT2D eigenvalue weighted by molar-refractivity contribution is -0.124. The van der Waals surface area contributed by atoms with Crippen molar-refractivity contribution in [2.45, 2.75) is 71.0 Å². The van der Waals surface area contributed by atoms with E-state index in [1.807, 2.05) is 49.4 Å². The summed E-state index contributed by atoms with van der Waals surface area (Å²) in [6.07, 6.45) is 4.70. The first kappa shape index (κ1) is 24.6. The molecule has 1 aliphatic carbocycles. The van der Waals surface area contributed by atoms with Gasteiger partial charge in [-0.25, -0.2) is 0 Å². The highest BCUT2D eigenvalue weighted by molar-refractivity contribution is 5.97. The Morgan fingerprint density at radius 1 is 1.03 bits per heavy atom. The minimum Gasteiger partial charge on any atom is -0.497 e. The Bertz CT molecular complexity index is 926. The van der Waals surface area contributed by atoms with Gasteiger partial charge in [-0.15, -0.1) is 0 Å². The molecule has 1 saturated carbocycles. The van der Waals surface area contributed by atoms with Gasteiger partial charge in [-0.2, -0.15) is 0 Å². The van der Waals surface area contributed by atoms with Crippen molar-refractivity contribution >= 4 is 17.5 Å². The number of hydrogen-bond acceptors (Lipinski definition) is 4. The van der Waals surface area contributed by atoms with Crippen LogP contribution in [0.15, 0.2) is 48.5 Å². The van der Waals surface area contributed by atoms with E-state index in [0.29, 0.717) is 12.0 Å². The molecule has 0 heterocycles. The first-order valence-electron chi connectivity index (χ1n) is 11.9. The summed E-state index contributed by atoms with van der Waals surface area (Å²) in [6, 6.07) is 14.9. The summed E-state index contributed by atoms with van der Waals surface area (Å²) in [6.45, 7) is 6.08. The first-order chi connectivity index (χ1) is 15.9. The fraction of sp³-hybridized carbons (Fsp3) is 0.481. The summed E-state index contributed by atoms with van der Waals surface area (Å²) in [7, 11) is 1.65. The molecular formula is C27H37N3O3. The molecule has 6 heteroatoms. The average molecular weight is 452 g/mol. The maximum Gasteiger partial charge on any atom is 0.251 e. The molecule has 0 saturated heterocycles. The largest absolute Gasteiger partial charge is 0.497 e. The number of aryl methyl sites for hydroxylation is 1. The molecule has 3 rings (SSSR count). The van der Waals surface area contributed by atoms with Gasteiger partial charge in [-0.05, 0) is 68.5 Å². The van der Waals surface area contributed by atoms with Gasteiger partial charge in [0.25, 0.3) is 5.91 Å². The van der Waals surface area contributed by atoms with Gasteiger partial charge in [0.1, 0.15) is 11.8 Å². The smallest absolute Gasteiger partial charge is 0.251 e. The lowest BCUT2D eigenvalue weighted by Crippen LogP contribution is -2.55. The fourth-order valence-corrected chi connectivity index (χ4v) is 4.39. The molecule has 1 aliphatic rings. The molecule has 178 valence electrons. The molecule has 1 unspecified atom stereocenters. The van der Waals surface area contributed by atoms with Crippen LogP contribution in [0.25, 0.3) is 0 Å². The predicted molar refractivity (Wildman–Crippen MR) is 133 cm³/mol. The fourth-order valence-electron chi connectivity index (χ4n) is 4.39. The van der Waals surface area contributed by atoms with Crippen LogP contribution in [0.5, 0.6) is 5.75 Å². The van der Waals surface area contributed by atoms with E-state index in [1.54, 1.807) is 13.2 Å². The summed E-state index contributed by atoms with van der Waals surface area (Å²) in [5.74, 6) is 0.766. The van der Waals surface area contributed by atoms with Crippen molar-refractivity contribution in [1.29, 1.82) is 0 Å². The third kappa shape index (κ3) is 7.24. The average Bonchev–Trinajstić information content (AvgIpc) is 2.80. The van der Waals surface area contributed by atoms with E-state index < -0.39 is 6.04 Å². The van der Waals surface area contributed by atoms with Crippen molar-refractivity contribution < 1.29 is 14.3 Å². The maximum absolute atomic E-state index is 13.3. The number of carbonyl (C=O) groups excluding carboxylic acids is 2. The Balaban J connectivity index is 1.67. The quantitative estimate of drug-likeness (QED) is 0.517. The van der Waals surface area contributed by atoms with Crippen LogP contribution in [0, 0.1) is 12.8 Å². The molecule has 2 aromatic carbocycles. The number of hydrogen-bond donors (Lipinski definition) is 3. The molecule has 1 fully saturated rings. The third-order valence-electron chi connectivity index (χ3n) is 6.14. The Morgan fingerprint density at radius 3 is 2.36 bits per heavy atom. The van der Waals surface area contributed by atoms with E-state index in [4.69, 9.17) is 4.74 Å². The number of carbonyl (C=O) groups is 2. The second kappa shape index (κ2) is 11.7. The van der Waals surface area contributed by atoms with E-state index in [1.165, 1.54) is 0 Å². The van der Waals surface area contributed by atoms with E-state index in [2.05, 4.69) is 29.8 Å². The Kier molecular flexibility index (Phi) is 8.75. The minimum atomic E-state index is -0.568. The molecule has 3 atom stereocenters. The number of amides is 2. The van der Waals surface area contributed by atoms with Crippen molar-refractivity contribution in [3.8, 4) is 5.75 Å². The highest BCUT2D eigenvalue weighted by atomic mass is 16.5. The van der Waals surface area contributed by atoms with E-state index in [-0.39, 0.29) is 29.8 Å². The van der Waals surface area contributed by atoms with E-state index in [0.717, 1.165) is 42.7 Å². The monoisotopic (exact) mass is 451 g/mol. The van der Waals surface area contributed by atoms with Crippen LogP contribution < -0.4 is 20.7 Å². The molecule has 2 aromatic rings. The summed E-state index contributed by atoms with van der Waals surface area (Å²) < 4.78 is 5.24. The zero-order valence-electron chi connectivity index (χ0n) is 20.2. The van der Waals surface area contributed by atoms with Gasteiger partial charge in [-0.3, -0.25) is 9.59 Å². The molecule has 33 heavy (non-hydrogen) atoms. The first-order valence-corrected chi connectivity index (χ1v) is 11.9. The third-order valence-corrected chi connectivity index (χ3v) is 6.14. The topological polar surface area (TPSA) is 79.5 Å². The second-order valence-electron chi connectivity index (χ2n) is 9.40. The van der Waals surface area contributed by atoms with Crippen LogP contribution in [0.2, 0.25) is 0 Å². The lowest BCUT2D eigenvalue weighted by Gasteiger charge is -2.34. The Labute approximate surface area is 197 Å². The van der Waals surface area contributed by atoms with Gasteiger partial charge in [0.05, 0.1) is 7.11 Å². The van der Waals surface area contributed by atoms with Crippen LogP contribution in [0.3, 0.4) is 0 Å². The molecule has 6 nitrogen and oxygen atoms in total. The van der Waals surface area contributed by atoms with Gasteiger partial charge in [0.15, 0.2) is 0 Å². The van der Waals surface area contributed by atoms with Gasteiger partial charge >= 0.3 is 0 Å². The summed E-state index contributed by atoms with van der Waals surface area (Å²) in [4.78, 5) is 26.1. The van der Waals surface area contributed by atoms with Crippen LogP contribution >= 0.6 is 0 Å². The van der Waals surface area contributed by atoms with Crippen LogP contribution in [-0.4, -0.2) is 37.0 Å². The van der Waals surface area contributed by atoms with Crippen molar-refractivity contribution in [2.24, 2.45) is 5.92 Å². The van der Waals surface area contributed by atoms with Gasteiger partial charge in [0, 0.05) is 23.3 Å². The van der Waals surface area contributed by atoms with Crippen molar-refractivity contribution in [1.82, 2.24) is 10.6 Å². The molecule has 0 spiro atoms. The summed E-state index contributed by atoms with van der Waals surface area (Å²) in [5, 5.41) is 9.80. The maximum atomic E-state index is 13.3. The molecular weight excluding hydrogens is 414 g/mol. The highest BCUT2D eigenvalue weighted by Gasteiger charge is 2.30. The predicted octanol–water partition coefficient (Wildman–Crippen LogP) is 4.69. The van der Waals surface area contributed by atoms with Crippen LogP contribution in [0.1, 0.15) is 61.9 Å². The van der Waals surface area contributed by atoms with Crippen LogP contribution in [-0.2, 0) is 4.79 Å². The summed E-state index contributed by atoms with van der Waals surface area (Å²) in [5.41, 5.74) is 2.60. The van der Waals surface area contributed by atoms with Gasteiger partial charge in [0.2, 0.25) is 5.91 Å². The summed E-state index contributed by atoms with van der Waals surface area (Å²) >= 11 is 0. The standard InChI is InChI=1S/C27H37N3O3/c1-18(2)16-25(30-26(31)20-9-7-8-19(3)17-20)27(32)29-24-11-6-5-10-23(24)28-21-12-14-22(33-4)15-13-21/h7-9,12-15,17-18,23-25,28H,5-6,10-11,16H2,1-4H3,(H,29,32)(H,30,31)/t23-,24-,25?/m0/s1. The number of methoxy groups -OCH3 is 1. The van der Waals surface area contributed by atoms with Crippen molar-refractivity contribution in [3.05, 3.63) is 59.7 Å². The number of anilines is 1. The molecule has 3 N–H and O–H groups in total. The number of nitrogens with one attached hydrogen (secondary N) is 3. The minimum absolute atomic E-state index is 0.0129. The van der Waals surface area contributed by atoms with Gasteiger partial charge < -0.3 is 20.7 Å². The van der Waals surface area contributed by atoms with E-state index in [9.17, 15) is 9.59 Å². The zero-order chi connectivity index (χ0) is 23.8. The number of ether oxygens (including phenoxy) is 1. The molecule has 0 radical (unpaired) electrons. The normalized spacial score (nSPS) is 18.9. The van der Waals surface area contributed by atoms with Crippen molar-refractivity contribution in [3.63, 3.8) is 0 Å². The highest BCUT2D eigenvalue weighted by Crippen LogP contribution is 2.24.